The maximum atomic E-state index is 13.9. The van der Waals surface area contributed by atoms with Crippen LogP contribution in [0, 0.1) is 12.8 Å². The summed E-state index contributed by atoms with van der Waals surface area (Å²) in [4.78, 5) is 20.4. The maximum Gasteiger partial charge on any atom is 0.252 e. The van der Waals surface area contributed by atoms with Crippen LogP contribution < -0.4 is 4.90 Å². The maximum absolute atomic E-state index is 13.9. The highest BCUT2D eigenvalue weighted by atomic mass is 35.5. The lowest BCUT2D eigenvalue weighted by molar-refractivity contribution is -0.123. The van der Waals surface area contributed by atoms with E-state index in [2.05, 4.69) is 0 Å². The molecule has 1 unspecified atom stereocenters. The van der Waals surface area contributed by atoms with Gasteiger partial charge >= 0.3 is 0 Å². The van der Waals surface area contributed by atoms with Crippen LogP contribution in [0.15, 0.2) is 64.2 Å². The lowest BCUT2D eigenvalue weighted by atomic mass is 9.98. The van der Waals surface area contributed by atoms with Gasteiger partial charge in [-0.15, -0.1) is 11.3 Å². The Hall–Kier alpha value is -2.30. The van der Waals surface area contributed by atoms with Gasteiger partial charge in [-0.3, -0.25) is 9.69 Å². The number of fused-ring (bicyclic) bond motifs is 1. The molecule has 0 aliphatic carbocycles. The molecule has 2 aromatic heterocycles. The van der Waals surface area contributed by atoms with Crippen molar-refractivity contribution in [2.45, 2.75) is 30.5 Å². The lowest BCUT2D eigenvalue weighted by Crippen LogP contribution is -2.46. The molecular weight excluding hydrogens is 522 g/mol. The monoisotopic (exact) mass is 545 g/mol. The Morgan fingerprint density at radius 1 is 1.17 bits per heavy atom. The molecule has 1 amide bonds. The second-order valence-corrected chi connectivity index (χ2v) is 13.1. The van der Waals surface area contributed by atoms with E-state index in [1.807, 2.05) is 49.4 Å². The Morgan fingerprint density at radius 2 is 1.97 bits per heavy atom. The van der Waals surface area contributed by atoms with Gasteiger partial charge in [0.05, 0.1) is 22.7 Å². The number of carbonyl (C=O) groups excluding carboxylic acids is 1. The smallest absolute Gasteiger partial charge is 0.252 e. The molecule has 0 radical (unpaired) electrons. The molecule has 182 valence electrons. The predicted molar refractivity (Wildman–Crippen MR) is 143 cm³/mol. The number of thiazole rings is 1. The summed E-state index contributed by atoms with van der Waals surface area (Å²) in [5, 5.41) is 2.98. The van der Waals surface area contributed by atoms with Crippen LogP contribution in [0.1, 0.15) is 24.0 Å². The molecule has 1 atom stereocenters. The fourth-order valence-corrected chi connectivity index (χ4v) is 8.18. The van der Waals surface area contributed by atoms with Crippen molar-refractivity contribution >= 4 is 65.6 Å². The third kappa shape index (κ3) is 4.88. The number of aromatic nitrogens is 1. The minimum Gasteiger partial charge on any atom is -0.283 e. The van der Waals surface area contributed by atoms with Crippen LogP contribution in [0.5, 0.6) is 0 Å². The number of sulfonamides is 1. The van der Waals surface area contributed by atoms with E-state index in [9.17, 15) is 13.2 Å². The first-order chi connectivity index (χ1) is 16.8. The first kappa shape index (κ1) is 24.4. The van der Waals surface area contributed by atoms with Gasteiger partial charge in [-0.25, -0.2) is 13.4 Å². The van der Waals surface area contributed by atoms with Gasteiger partial charge in [0, 0.05) is 18.1 Å². The van der Waals surface area contributed by atoms with Crippen LogP contribution in [0.3, 0.4) is 0 Å². The minimum absolute atomic E-state index is 0.109. The summed E-state index contributed by atoms with van der Waals surface area (Å²) >= 11 is 8.96. The summed E-state index contributed by atoms with van der Waals surface area (Å²) in [6, 6.07) is 16.9. The number of hydrogen-bond donors (Lipinski definition) is 0. The largest absolute Gasteiger partial charge is 0.283 e. The van der Waals surface area contributed by atoms with Crippen molar-refractivity contribution in [1.82, 2.24) is 9.29 Å². The van der Waals surface area contributed by atoms with Crippen LogP contribution in [0.25, 0.3) is 10.2 Å². The Morgan fingerprint density at radius 3 is 2.71 bits per heavy atom. The van der Waals surface area contributed by atoms with Gasteiger partial charge in [0.25, 0.3) is 10.0 Å². The SMILES string of the molecule is Cc1c(Cl)ccc2sc(N(Cc3ccccc3)C(=O)C3CCCN(S(=O)(=O)c4cccs4)C3)nc12. The summed E-state index contributed by atoms with van der Waals surface area (Å²) in [5.41, 5.74) is 2.65. The average molecular weight is 546 g/mol. The number of piperidine rings is 1. The Labute approximate surface area is 217 Å². The second kappa shape index (κ2) is 9.99. The zero-order valence-corrected chi connectivity index (χ0v) is 22.3. The van der Waals surface area contributed by atoms with E-state index >= 15 is 0 Å². The molecule has 1 fully saturated rings. The molecule has 0 bridgehead atoms. The third-order valence-corrected chi connectivity index (χ3v) is 10.9. The van der Waals surface area contributed by atoms with Crippen molar-refractivity contribution in [2.24, 2.45) is 5.92 Å². The molecule has 5 rings (SSSR count). The molecule has 2 aromatic carbocycles. The molecule has 10 heteroatoms. The number of amides is 1. The Bertz CT molecular complexity index is 1450. The number of benzene rings is 2. The zero-order valence-electron chi connectivity index (χ0n) is 19.1. The fraction of sp³-hybridized carbons (Fsp3) is 0.280. The van der Waals surface area contributed by atoms with Gasteiger partial charge in [0.1, 0.15) is 4.21 Å². The molecule has 1 aliphatic heterocycles. The van der Waals surface area contributed by atoms with Crippen LogP contribution in [0.2, 0.25) is 5.02 Å². The summed E-state index contributed by atoms with van der Waals surface area (Å²) in [7, 11) is -3.61. The van der Waals surface area contributed by atoms with E-state index in [1.54, 1.807) is 22.4 Å². The van der Waals surface area contributed by atoms with Gasteiger partial charge in [-0.05, 0) is 54.5 Å². The molecule has 35 heavy (non-hydrogen) atoms. The van der Waals surface area contributed by atoms with E-state index in [-0.39, 0.29) is 12.5 Å². The number of nitrogens with zero attached hydrogens (tertiary/aromatic N) is 3. The quantitative estimate of drug-likeness (QED) is 0.300. The number of thiophene rings is 1. The van der Waals surface area contributed by atoms with Crippen molar-refractivity contribution in [2.75, 3.05) is 18.0 Å². The number of hydrogen-bond acceptors (Lipinski definition) is 6. The van der Waals surface area contributed by atoms with Gasteiger partial charge in [0.15, 0.2) is 5.13 Å². The van der Waals surface area contributed by atoms with E-state index in [1.165, 1.54) is 27.0 Å². The molecule has 6 nitrogen and oxygen atoms in total. The molecule has 0 spiro atoms. The third-order valence-electron chi connectivity index (χ3n) is 6.24. The highest BCUT2D eigenvalue weighted by molar-refractivity contribution is 7.91. The summed E-state index contributed by atoms with van der Waals surface area (Å²) in [6.45, 7) is 2.87. The molecule has 1 saturated heterocycles. The van der Waals surface area contributed by atoms with Gasteiger partial charge in [-0.2, -0.15) is 4.31 Å². The van der Waals surface area contributed by atoms with Crippen LogP contribution in [0.4, 0.5) is 5.13 Å². The number of anilines is 1. The average Bonchev–Trinajstić information content (AvgIpc) is 3.56. The molecular formula is C25H24ClN3O3S3. The standard InChI is InChI=1S/C25H24ClN3O3S3/c1-17-20(26)11-12-21-23(17)27-25(34-21)29(15-18-7-3-2-4-8-18)24(30)19-9-5-13-28(16-19)35(31,32)22-10-6-14-33-22/h2-4,6-8,10-12,14,19H,5,9,13,15-16H2,1H3. The number of halogens is 1. The van der Waals surface area contributed by atoms with Crippen molar-refractivity contribution in [3.05, 3.63) is 76.1 Å². The highest BCUT2D eigenvalue weighted by Gasteiger charge is 2.36. The van der Waals surface area contributed by atoms with E-state index in [0.717, 1.165) is 21.3 Å². The number of carbonyl (C=O) groups is 1. The highest BCUT2D eigenvalue weighted by Crippen LogP contribution is 2.36. The van der Waals surface area contributed by atoms with E-state index in [0.29, 0.717) is 40.3 Å². The molecule has 0 N–H and O–H groups in total. The van der Waals surface area contributed by atoms with E-state index in [4.69, 9.17) is 16.6 Å². The van der Waals surface area contributed by atoms with Gasteiger partial charge in [0.2, 0.25) is 5.91 Å². The van der Waals surface area contributed by atoms with Crippen molar-refractivity contribution in [1.29, 1.82) is 0 Å². The first-order valence-electron chi connectivity index (χ1n) is 11.3. The van der Waals surface area contributed by atoms with Crippen molar-refractivity contribution < 1.29 is 13.2 Å². The number of rotatable bonds is 6. The first-order valence-corrected chi connectivity index (χ1v) is 14.8. The summed E-state index contributed by atoms with van der Waals surface area (Å²) in [6.07, 6.45) is 1.27. The van der Waals surface area contributed by atoms with Crippen LogP contribution >= 0.6 is 34.3 Å². The molecule has 1 aliphatic rings. The van der Waals surface area contributed by atoms with Crippen LogP contribution in [-0.4, -0.2) is 36.7 Å². The molecule has 0 saturated carbocycles. The minimum atomic E-state index is -3.61. The molecule has 4 aromatic rings. The topological polar surface area (TPSA) is 70.6 Å². The van der Waals surface area contributed by atoms with Crippen molar-refractivity contribution in [3.8, 4) is 0 Å². The normalized spacial score (nSPS) is 17.0. The predicted octanol–water partition coefficient (Wildman–Crippen LogP) is 5.95. The van der Waals surface area contributed by atoms with E-state index < -0.39 is 15.9 Å². The van der Waals surface area contributed by atoms with Crippen molar-refractivity contribution in [3.63, 3.8) is 0 Å². The second-order valence-electron chi connectivity index (χ2n) is 8.56. The van der Waals surface area contributed by atoms with Gasteiger partial charge in [-0.1, -0.05) is 59.3 Å². The number of aryl methyl sites for hydroxylation is 1. The summed E-state index contributed by atoms with van der Waals surface area (Å²) in [5.74, 6) is -0.554. The van der Waals surface area contributed by atoms with Crippen LogP contribution in [-0.2, 0) is 21.4 Å². The Balaban J connectivity index is 1.48. The van der Waals surface area contributed by atoms with Gasteiger partial charge < -0.3 is 0 Å². The molecule has 3 heterocycles. The zero-order chi connectivity index (χ0) is 24.6. The fourth-order valence-electron chi connectivity index (χ4n) is 4.33. The summed E-state index contributed by atoms with van der Waals surface area (Å²) < 4.78 is 29.0. The Kier molecular flexibility index (Phi) is 6.96. The lowest BCUT2D eigenvalue weighted by Gasteiger charge is -2.33.